The van der Waals surface area contributed by atoms with E-state index in [1.165, 1.54) is 0 Å². The predicted octanol–water partition coefficient (Wildman–Crippen LogP) is 1.84. The zero-order valence-electron chi connectivity index (χ0n) is 19.7. The Balaban J connectivity index is 1.56. The molecule has 2 atom stereocenters. The van der Waals surface area contributed by atoms with Gasteiger partial charge in [-0.3, -0.25) is 14.4 Å². The molecule has 35 heavy (non-hydrogen) atoms. The van der Waals surface area contributed by atoms with Crippen molar-refractivity contribution in [1.82, 2.24) is 25.9 Å². The van der Waals surface area contributed by atoms with Crippen molar-refractivity contribution in [1.29, 1.82) is 0 Å². The lowest BCUT2D eigenvalue weighted by atomic mass is 10.0. The lowest BCUT2D eigenvalue weighted by Gasteiger charge is -2.26. The van der Waals surface area contributed by atoms with Gasteiger partial charge in [-0.2, -0.15) is 0 Å². The summed E-state index contributed by atoms with van der Waals surface area (Å²) in [7, 11) is 0. The van der Waals surface area contributed by atoms with Gasteiger partial charge in [-0.15, -0.1) is 0 Å². The fourth-order valence-corrected chi connectivity index (χ4v) is 4.10. The van der Waals surface area contributed by atoms with E-state index in [9.17, 15) is 14.4 Å². The topological polar surface area (TPSA) is 145 Å². The van der Waals surface area contributed by atoms with Crippen LogP contribution in [-0.4, -0.2) is 45.9 Å². The van der Waals surface area contributed by atoms with Crippen molar-refractivity contribution < 1.29 is 14.4 Å². The van der Waals surface area contributed by atoms with E-state index in [0.717, 1.165) is 32.9 Å². The van der Waals surface area contributed by atoms with Crippen molar-refractivity contribution in [2.75, 3.05) is 0 Å². The maximum Gasteiger partial charge on any atom is 0.244 e. The second-order valence-corrected chi connectivity index (χ2v) is 9.22. The summed E-state index contributed by atoms with van der Waals surface area (Å²) in [5.74, 6) is -0.874. The third kappa shape index (κ3) is 5.52. The standard InChI is InChI=1S/C26H30N6O3/c1-26(2,27)25(35)31-22(11-16-13-28-20-9-5-3-7-18(16)20)24(34)32-23(30-15-33)12-17-14-29-21-10-6-4-8-19(17)21/h3-10,13-15,22-23,28-29H,11-12,27H2,1-2H3,(H,30,33)(H,31,35)(H,32,34)/t22-,23-/m0/s1. The average molecular weight is 475 g/mol. The molecule has 0 radical (unpaired) electrons. The van der Waals surface area contributed by atoms with E-state index in [1.54, 1.807) is 13.8 Å². The molecular weight excluding hydrogens is 444 g/mol. The van der Waals surface area contributed by atoms with Crippen molar-refractivity contribution in [3.05, 3.63) is 72.1 Å². The lowest BCUT2D eigenvalue weighted by Crippen LogP contribution is -2.59. The largest absolute Gasteiger partial charge is 0.361 e. The maximum absolute atomic E-state index is 13.4. The van der Waals surface area contributed by atoms with Crippen LogP contribution >= 0.6 is 0 Å². The number of nitrogens with two attached hydrogens (primary N) is 1. The minimum atomic E-state index is -1.16. The number of aromatic amines is 2. The van der Waals surface area contributed by atoms with Gasteiger partial charge >= 0.3 is 0 Å². The first-order chi connectivity index (χ1) is 16.8. The molecule has 3 amide bonds. The molecular formula is C26H30N6O3. The van der Waals surface area contributed by atoms with E-state index in [2.05, 4.69) is 25.9 Å². The Bertz CT molecular complexity index is 1350. The van der Waals surface area contributed by atoms with Crippen LogP contribution in [0.2, 0.25) is 0 Å². The SMILES string of the molecule is CC(C)(N)C(=O)N[C@@H](Cc1c[nH]c2ccccc12)C(=O)N[C@@H](Cc1c[nH]c2ccccc12)NC=O. The van der Waals surface area contributed by atoms with Crippen molar-refractivity contribution >= 4 is 40.0 Å². The first-order valence-electron chi connectivity index (χ1n) is 11.5. The second-order valence-electron chi connectivity index (χ2n) is 9.22. The highest BCUT2D eigenvalue weighted by Crippen LogP contribution is 2.20. The van der Waals surface area contributed by atoms with Gasteiger partial charge in [-0.1, -0.05) is 36.4 Å². The number of amides is 3. The lowest BCUT2D eigenvalue weighted by molar-refractivity contribution is -0.131. The van der Waals surface area contributed by atoms with Crippen LogP contribution in [0.1, 0.15) is 25.0 Å². The van der Waals surface area contributed by atoms with Gasteiger partial charge in [0.05, 0.1) is 5.54 Å². The number of fused-ring (bicyclic) bond motifs is 2. The average Bonchev–Trinajstić information content (AvgIpc) is 3.42. The normalized spacial score (nSPS) is 13.3. The number of H-pyrrole nitrogens is 2. The zero-order chi connectivity index (χ0) is 25.0. The van der Waals surface area contributed by atoms with E-state index in [4.69, 9.17) is 5.73 Å². The van der Waals surface area contributed by atoms with Gasteiger partial charge in [0, 0.05) is 47.0 Å². The molecule has 0 aliphatic carbocycles. The smallest absolute Gasteiger partial charge is 0.244 e. The van der Waals surface area contributed by atoms with Gasteiger partial charge < -0.3 is 31.7 Å². The quantitative estimate of drug-likeness (QED) is 0.154. The first kappa shape index (κ1) is 24.0. The third-order valence-electron chi connectivity index (χ3n) is 5.99. The number of carbonyl (C=O) groups is 3. The Labute approximate surface area is 202 Å². The number of carbonyl (C=O) groups excluding carboxylic acids is 3. The summed E-state index contributed by atoms with van der Waals surface area (Å²) in [6.07, 6.45) is 4.18. The number of benzene rings is 2. The van der Waals surface area contributed by atoms with Crippen LogP contribution in [-0.2, 0) is 27.2 Å². The number of hydrogen-bond donors (Lipinski definition) is 6. The monoisotopic (exact) mass is 474 g/mol. The van der Waals surface area contributed by atoms with Gasteiger partial charge in [0.25, 0.3) is 0 Å². The van der Waals surface area contributed by atoms with Crippen LogP contribution in [0.3, 0.4) is 0 Å². The molecule has 2 heterocycles. The van der Waals surface area contributed by atoms with Gasteiger partial charge in [0.15, 0.2) is 0 Å². The van der Waals surface area contributed by atoms with Crippen LogP contribution in [0.4, 0.5) is 0 Å². The molecule has 9 heteroatoms. The zero-order valence-corrected chi connectivity index (χ0v) is 19.7. The van der Waals surface area contributed by atoms with Crippen molar-refractivity contribution in [3.63, 3.8) is 0 Å². The molecule has 0 aliphatic rings. The first-order valence-corrected chi connectivity index (χ1v) is 11.5. The fourth-order valence-electron chi connectivity index (χ4n) is 4.10. The number of nitrogens with one attached hydrogen (secondary N) is 5. The molecule has 4 aromatic rings. The van der Waals surface area contributed by atoms with Gasteiger partial charge in [0.2, 0.25) is 18.2 Å². The molecule has 0 aliphatic heterocycles. The summed E-state index contributed by atoms with van der Waals surface area (Å²) in [6.45, 7) is 3.16. The van der Waals surface area contributed by atoms with E-state index >= 15 is 0 Å². The summed E-state index contributed by atoms with van der Waals surface area (Å²) < 4.78 is 0. The van der Waals surface area contributed by atoms with E-state index in [1.807, 2.05) is 60.9 Å². The summed E-state index contributed by atoms with van der Waals surface area (Å²) in [4.78, 5) is 43.8. The molecule has 0 unspecified atom stereocenters. The number of para-hydroxylation sites is 2. The Hall–Kier alpha value is -4.11. The highest BCUT2D eigenvalue weighted by molar-refractivity contribution is 5.92. The Morgan fingerprint density at radius 1 is 0.914 bits per heavy atom. The molecule has 0 saturated heterocycles. The highest BCUT2D eigenvalue weighted by atomic mass is 16.2. The number of rotatable bonds is 10. The van der Waals surface area contributed by atoms with Crippen molar-refractivity contribution in [3.8, 4) is 0 Å². The predicted molar refractivity (Wildman–Crippen MR) is 135 cm³/mol. The Morgan fingerprint density at radius 2 is 1.46 bits per heavy atom. The molecule has 2 aromatic carbocycles. The van der Waals surface area contributed by atoms with Crippen molar-refractivity contribution in [2.45, 2.75) is 44.4 Å². The highest BCUT2D eigenvalue weighted by Gasteiger charge is 2.30. The molecule has 0 spiro atoms. The molecule has 7 N–H and O–H groups in total. The third-order valence-corrected chi connectivity index (χ3v) is 5.99. The van der Waals surface area contributed by atoms with Crippen molar-refractivity contribution in [2.24, 2.45) is 5.73 Å². The van der Waals surface area contributed by atoms with Crippen LogP contribution in [0, 0.1) is 0 Å². The van der Waals surface area contributed by atoms with Gasteiger partial charge in [0.1, 0.15) is 12.2 Å². The van der Waals surface area contributed by atoms with Crippen LogP contribution in [0.25, 0.3) is 21.8 Å². The van der Waals surface area contributed by atoms with E-state index in [0.29, 0.717) is 12.8 Å². The molecule has 0 fully saturated rings. The minimum absolute atomic E-state index is 0.249. The van der Waals surface area contributed by atoms with Crippen LogP contribution in [0.5, 0.6) is 0 Å². The van der Waals surface area contributed by atoms with E-state index < -0.39 is 29.6 Å². The minimum Gasteiger partial charge on any atom is -0.361 e. The maximum atomic E-state index is 13.4. The summed E-state index contributed by atoms with van der Waals surface area (Å²) in [6, 6.07) is 14.6. The Kier molecular flexibility index (Phi) is 6.88. The van der Waals surface area contributed by atoms with E-state index in [-0.39, 0.29) is 6.42 Å². The fraction of sp³-hybridized carbons (Fsp3) is 0.269. The number of hydrogen-bond acceptors (Lipinski definition) is 4. The molecule has 182 valence electrons. The number of aromatic nitrogens is 2. The summed E-state index contributed by atoms with van der Waals surface area (Å²) >= 11 is 0. The molecule has 0 bridgehead atoms. The van der Waals surface area contributed by atoms with Gasteiger partial charge in [-0.25, -0.2) is 0 Å². The van der Waals surface area contributed by atoms with Gasteiger partial charge in [-0.05, 0) is 37.1 Å². The molecule has 9 nitrogen and oxygen atoms in total. The van der Waals surface area contributed by atoms with Crippen LogP contribution in [0.15, 0.2) is 60.9 Å². The van der Waals surface area contributed by atoms with Crippen LogP contribution < -0.4 is 21.7 Å². The molecule has 2 aromatic heterocycles. The molecule has 4 rings (SSSR count). The second kappa shape index (κ2) is 10.0. The summed E-state index contributed by atoms with van der Waals surface area (Å²) in [5.41, 5.74) is 8.54. The summed E-state index contributed by atoms with van der Waals surface area (Å²) in [5, 5.41) is 10.3. The Morgan fingerprint density at radius 3 is 2.00 bits per heavy atom. The molecule has 0 saturated carbocycles.